The van der Waals surface area contributed by atoms with Gasteiger partial charge in [0.1, 0.15) is 0 Å². The van der Waals surface area contributed by atoms with Crippen LogP contribution in [0.15, 0.2) is 12.1 Å². The van der Waals surface area contributed by atoms with Gasteiger partial charge in [0.05, 0.1) is 0 Å². The Kier molecular flexibility index (Phi) is 4.76. The van der Waals surface area contributed by atoms with Crippen LogP contribution in [0.4, 0.5) is 13.2 Å². The van der Waals surface area contributed by atoms with E-state index in [0.717, 1.165) is 22.3 Å². The van der Waals surface area contributed by atoms with Crippen molar-refractivity contribution in [1.82, 2.24) is 5.43 Å². The minimum Gasteiger partial charge on any atom is -0.271 e. The van der Waals surface area contributed by atoms with Gasteiger partial charge in [0, 0.05) is 12.5 Å². The SMILES string of the molecule is Cc1cc(C)c(C(CCC(F)(F)F)NN)cc1C. The highest BCUT2D eigenvalue weighted by atomic mass is 19.4. The Bertz CT molecular complexity index is 413. The van der Waals surface area contributed by atoms with E-state index in [-0.39, 0.29) is 6.42 Å². The minimum absolute atomic E-state index is 0.0522. The highest BCUT2D eigenvalue weighted by Gasteiger charge is 2.28. The van der Waals surface area contributed by atoms with Gasteiger partial charge in [-0.3, -0.25) is 11.3 Å². The molecule has 0 amide bonds. The number of alkyl halides is 3. The number of nitrogens with two attached hydrogens (primary N) is 1. The lowest BCUT2D eigenvalue weighted by Crippen LogP contribution is -2.29. The fourth-order valence-corrected chi connectivity index (χ4v) is 1.99. The summed E-state index contributed by atoms with van der Waals surface area (Å²) in [5, 5.41) is 0. The molecule has 0 aliphatic carbocycles. The van der Waals surface area contributed by atoms with Crippen LogP contribution in [-0.4, -0.2) is 6.18 Å². The topological polar surface area (TPSA) is 38.0 Å². The third-order valence-electron chi connectivity index (χ3n) is 3.18. The van der Waals surface area contributed by atoms with Gasteiger partial charge in [-0.2, -0.15) is 13.2 Å². The fraction of sp³-hybridized carbons (Fsp3) is 0.538. The molecule has 0 radical (unpaired) electrons. The Hall–Kier alpha value is -1.07. The standard InChI is InChI=1S/C13H19F3N2/c1-8-6-10(3)11(7-9(8)2)12(18-17)4-5-13(14,15)16/h6-7,12,18H,4-5,17H2,1-3H3. The first-order chi connectivity index (χ1) is 8.24. The van der Waals surface area contributed by atoms with Gasteiger partial charge in [-0.25, -0.2) is 0 Å². The maximum atomic E-state index is 12.2. The van der Waals surface area contributed by atoms with E-state index in [4.69, 9.17) is 5.84 Å². The second-order valence-corrected chi connectivity index (χ2v) is 4.67. The molecule has 0 saturated heterocycles. The molecule has 1 unspecified atom stereocenters. The van der Waals surface area contributed by atoms with Crippen molar-refractivity contribution in [3.8, 4) is 0 Å². The summed E-state index contributed by atoms with van der Waals surface area (Å²) in [6.45, 7) is 5.81. The van der Waals surface area contributed by atoms with E-state index in [1.165, 1.54) is 0 Å². The van der Waals surface area contributed by atoms with E-state index in [1.54, 1.807) is 0 Å². The van der Waals surface area contributed by atoms with E-state index in [0.29, 0.717) is 0 Å². The third kappa shape index (κ3) is 3.99. The van der Waals surface area contributed by atoms with Crippen molar-refractivity contribution in [2.24, 2.45) is 5.84 Å². The first-order valence-electron chi connectivity index (χ1n) is 5.85. The molecule has 0 aliphatic rings. The summed E-state index contributed by atoms with van der Waals surface area (Å²) in [5.41, 5.74) is 6.46. The zero-order valence-corrected chi connectivity index (χ0v) is 10.9. The molecular formula is C13H19F3N2. The first kappa shape index (κ1) is 15.0. The van der Waals surface area contributed by atoms with Crippen molar-refractivity contribution in [1.29, 1.82) is 0 Å². The van der Waals surface area contributed by atoms with Crippen LogP contribution in [0.2, 0.25) is 0 Å². The van der Waals surface area contributed by atoms with E-state index < -0.39 is 18.6 Å². The molecule has 102 valence electrons. The molecule has 5 heteroatoms. The van der Waals surface area contributed by atoms with Gasteiger partial charge in [-0.15, -0.1) is 0 Å². The Morgan fingerprint density at radius 2 is 1.67 bits per heavy atom. The van der Waals surface area contributed by atoms with Gasteiger partial charge < -0.3 is 0 Å². The molecule has 3 N–H and O–H groups in total. The molecule has 0 spiro atoms. The number of hydrogen-bond acceptors (Lipinski definition) is 2. The Morgan fingerprint density at radius 1 is 1.11 bits per heavy atom. The van der Waals surface area contributed by atoms with E-state index >= 15 is 0 Å². The van der Waals surface area contributed by atoms with Gasteiger partial charge in [-0.05, 0) is 49.4 Å². The van der Waals surface area contributed by atoms with Crippen LogP contribution in [-0.2, 0) is 0 Å². The zero-order chi connectivity index (χ0) is 13.9. The van der Waals surface area contributed by atoms with E-state index in [2.05, 4.69) is 5.43 Å². The molecule has 0 bridgehead atoms. The summed E-state index contributed by atoms with van der Waals surface area (Å²) in [4.78, 5) is 0. The van der Waals surface area contributed by atoms with Crippen molar-refractivity contribution in [2.75, 3.05) is 0 Å². The van der Waals surface area contributed by atoms with Crippen LogP contribution >= 0.6 is 0 Å². The highest BCUT2D eigenvalue weighted by molar-refractivity contribution is 5.38. The van der Waals surface area contributed by atoms with Gasteiger partial charge in [0.25, 0.3) is 0 Å². The third-order valence-corrected chi connectivity index (χ3v) is 3.18. The molecule has 0 fully saturated rings. The number of aryl methyl sites for hydroxylation is 3. The molecule has 0 aromatic heterocycles. The lowest BCUT2D eigenvalue weighted by molar-refractivity contribution is -0.136. The van der Waals surface area contributed by atoms with Crippen LogP contribution in [0.3, 0.4) is 0 Å². The van der Waals surface area contributed by atoms with Crippen molar-refractivity contribution in [2.45, 2.75) is 45.8 Å². The number of rotatable bonds is 4. The molecule has 1 aromatic rings. The van der Waals surface area contributed by atoms with Crippen molar-refractivity contribution in [3.63, 3.8) is 0 Å². The lowest BCUT2D eigenvalue weighted by Gasteiger charge is -2.20. The van der Waals surface area contributed by atoms with E-state index in [1.807, 2.05) is 32.9 Å². The van der Waals surface area contributed by atoms with Crippen LogP contribution in [0.1, 0.15) is 41.1 Å². The number of halogens is 3. The van der Waals surface area contributed by atoms with Crippen LogP contribution in [0.5, 0.6) is 0 Å². The Balaban J connectivity index is 2.92. The normalized spacial score (nSPS) is 13.7. The molecule has 0 aliphatic heterocycles. The summed E-state index contributed by atoms with van der Waals surface area (Å²) in [7, 11) is 0. The first-order valence-corrected chi connectivity index (χ1v) is 5.85. The number of benzene rings is 1. The molecule has 1 atom stereocenters. The summed E-state index contributed by atoms with van der Waals surface area (Å²) in [6.07, 6.45) is -5.04. The molecular weight excluding hydrogens is 241 g/mol. The second-order valence-electron chi connectivity index (χ2n) is 4.67. The van der Waals surface area contributed by atoms with Crippen LogP contribution in [0, 0.1) is 20.8 Å². The molecule has 1 aromatic carbocycles. The molecule has 1 rings (SSSR count). The van der Waals surface area contributed by atoms with Gasteiger partial charge in [0.2, 0.25) is 0 Å². The number of hydrazine groups is 1. The van der Waals surface area contributed by atoms with E-state index in [9.17, 15) is 13.2 Å². The largest absolute Gasteiger partial charge is 0.389 e. The monoisotopic (exact) mass is 260 g/mol. The smallest absolute Gasteiger partial charge is 0.271 e. The maximum absolute atomic E-state index is 12.2. The van der Waals surface area contributed by atoms with Crippen molar-refractivity contribution >= 4 is 0 Å². The average molecular weight is 260 g/mol. The van der Waals surface area contributed by atoms with Crippen LogP contribution in [0.25, 0.3) is 0 Å². The molecule has 0 heterocycles. The quantitative estimate of drug-likeness (QED) is 0.642. The molecule has 18 heavy (non-hydrogen) atoms. The minimum atomic E-state index is -4.15. The van der Waals surface area contributed by atoms with Gasteiger partial charge in [-0.1, -0.05) is 12.1 Å². The second kappa shape index (κ2) is 5.71. The zero-order valence-electron chi connectivity index (χ0n) is 10.9. The maximum Gasteiger partial charge on any atom is 0.389 e. The number of hydrogen-bond donors (Lipinski definition) is 2. The van der Waals surface area contributed by atoms with Gasteiger partial charge in [0.15, 0.2) is 0 Å². The summed E-state index contributed by atoms with van der Waals surface area (Å²) in [6, 6.07) is 3.42. The Labute approximate surface area is 105 Å². The predicted molar refractivity (Wildman–Crippen MR) is 66.0 cm³/mol. The molecule has 0 saturated carbocycles. The average Bonchev–Trinajstić information content (AvgIpc) is 2.24. The van der Waals surface area contributed by atoms with Gasteiger partial charge >= 0.3 is 6.18 Å². The summed E-state index contributed by atoms with van der Waals surface area (Å²) >= 11 is 0. The van der Waals surface area contributed by atoms with Crippen molar-refractivity contribution in [3.05, 3.63) is 34.4 Å². The fourth-order valence-electron chi connectivity index (χ4n) is 1.99. The predicted octanol–water partition coefficient (Wildman–Crippen LogP) is 3.46. The highest BCUT2D eigenvalue weighted by Crippen LogP contribution is 2.29. The Morgan fingerprint density at radius 3 is 2.17 bits per heavy atom. The molecule has 2 nitrogen and oxygen atoms in total. The van der Waals surface area contributed by atoms with Crippen LogP contribution < -0.4 is 11.3 Å². The lowest BCUT2D eigenvalue weighted by atomic mass is 9.93. The summed E-state index contributed by atoms with van der Waals surface area (Å²) < 4.78 is 36.7. The summed E-state index contributed by atoms with van der Waals surface area (Å²) in [5.74, 6) is 5.37. The van der Waals surface area contributed by atoms with Crippen molar-refractivity contribution < 1.29 is 13.2 Å². The number of nitrogens with one attached hydrogen (secondary N) is 1.